The van der Waals surface area contributed by atoms with Gasteiger partial charge in [-0.25, -0.2) is 0 Å². The molecule has 0 saturated heterocycles. The van der Waals surface area contributed by atoms with E-state index in [9.17, 15) is 0 Å². The van der Waals surface area contributed by atoms with E-state index >= 15 is 0 Å². The van der Waals surface area contributed by atoms with Crippen molar-refractivity contribution >= 4 is 0 Å². The predicted octanol–water partition coefficient (Wildman–Crippen LogP) is -0.0100. The van der Waals surface area contributed by atoms with Crippen molar-refractivity contribution in [3.05, 3.63) is 0 Å². The van der Waals surface area contributed by atoms with Crippen molar-refractivity contribution in [2.24, 2.45) is 0 Å². The summed E-state index contributed by atoms with van der Waals surface area (Å²) in [6, 6.07) is 0. The molecule has 0 aliphatic heterocycles. The van der Waals surface area contributed by atoms with Gasteiger partial charge >= 0.3 is 39.7 Å². The molecular weight excluding hydrogens is 260 g/mol. The van der Waals surface area contributed by atoms with Gasteiger partial charge in [0.15, 0.2) is 0 Å². The largest absolute Gasteiger partial charge is 0 e. The zero-order valence-corrected chi connectivity index (χ0v) is 7.12. The third-order valence-corrected chi connectivity index (χ3v) is 0. The van der Waals surface area contributed by atoms with Crippen molar-refractivity contribution in [3.63, 3.8) is 0 Å². The summed E-state index contributed by atoms with van der Waals surface area (Å²) in [6.45, 7) is 0. The van der Waals surface area contributed by atoms with Crippen molar-refractivity contribution in [3.8, 4) is 0 Å². The van der Waals surface area contributed by atoms with E-state index in [2.05, 4.69) is 28.4 Å². The number of hydrogen-bond donors (Lipinski definition) is 0. The Balaban J connectivity index is 0. The fourth-order valence-corrected chi connectivity index (χ4v) is 0. The average molecular weight is 260 g/mol. The SMILES string of the molecule is [Fe][Mn][Fe].[Nb]. The van der Waals surface area contributed by atoms with Crippen molar-refractivity contribution in [2.75, 3.05) is 0 Å². The molecule has 0 aromatic carbocycles. The van der Waals surface area contributed by atoms with E-state index in [1.165, 1.54) is 0 Å². The Morgan fingerprint density at radius 2 is 1.25 bits per heavy atom. The van der Waals surface area contributed by atoms with E-state index in [4.69, 9.17) is 0 Å². The molecule has 0 N–H and O–H groups in total. The van der Waals surface area contributed by atoms with E-state index in [0.29, 0.717) is 11.3 Å². The molecule has 0 aliphatic rings. The van der Waals surface area contributed by atoms with Crippen molar-refractivity contribution < 1.29 is 62.1 Å². The predicted molar refractivity (Wildman–Crippen MR) is 0 cm³/mol. The Morgan fingerprint density at radius 1 is 1.25 bits per heavy atom. The fourth-order valence-electron chi connectivity index (χ4n) is 0. The molecule has 1 radical (unpaired) electrons. The summed E-state index contributed by atoms with van der Waals surface area (Å²) in [5.41, 5.74) is 0. The van der Waals surface area contributed by atoms with Crippen LogP contribution in [0, 0.1) is 0 Å². The second-order valence-electron chi connectivity index (χ2n) is 0.0472. The molecule has 0 aromatic rings. The molecule has 28 valence electrons. The molecule has 4 heavy (non-hydrogen) atoms. The van der Waals surface area contributed by atoms with Crippen molar-refractivity contribution in [2.45, 2.75) is 0 Å². The monoisotopic (exact) mass is 260 g/mol. The summed E-state index contributed by atoms with van der Waals surface area (Å²) in [5.74, 6) is 0. The first-order valence-electron chi connectivity index (χ1n) is 0.267. The molecule has 0 saturated carbocycles. The van der Waals surface area contributed by atoms with Crippen LogP contribution < -0.4 is 0 Å². The van der Waals surface area contributed by atoms with E-state index in [0.717, 1.165) is 0 Å². The fraction of sp³-hybridized carbons (Fsp3) is 0. The van der Waals surface area contributed by atoms with Crippen LogP contribution in [0.1, 0.15) is 0 Å². The van der Waals surface area contributed by atoms with Gasteiger partial charge < -0.3 is 0 Å². The molecule has 0 fully saturated rings. The zero-order chi connectivity index (χ0) is 2.71. The second kappa shape index (κ2) is 9.00. The first-order valence-corrected chi connectivity index (χ1v) is 4.54. The second-order valence-corrected chi connectivity index (χ2v) is 3.31. The van der Waals surface area contributed by atoms with E-state index in [1.54, 1.807) is 0 Å². The first kappa shape index (κ1) is 9.57. The quantitative estimate of drug-likeness (QED) is 0.537. The molecule has 0 nitrogen and oxygen atoms in total. The Morgan fingerprint density at radius 3 is 1.25 bits per heavy atom. The molecule has 0 heterocycles. The van der Waals surface area contributed by atoms with Crippen LogP contribution in [-0.4, -0.2) is 0 Å². The summed E-state index contributed by atoms with van der Waals surface area (Å²) in [5, 5.41) is 0. The Bertz CT molecular complexity index is 6.00. The first-order chi connectivity index (χ1) is 1.41. The minimum absolute atomic E-state index is 0. The maximum atomic E-state index is 3.41. The number of rotatable bonds is 0. The van der Waals surface area contributed by atoms with Crippen molar-refractivity contribution in [1.82, 2.24) is 0 Å². The van der Waals surface area contributed by atoms with Crippen LogP contribution in [0.15, 0.2) is 0 Å². The summed E-state index contributed by atoms with van der Waals surface area (Å²) in [7, 11) is 0. The van der Waals surface area contributed by atoms with Crippen LogP contribution >= 0.6 is 0 Å². The molecular formula is Fe2MnNb. The Labute approximate surface area is 61.3 Å². The molecule has 0 aliphatic carbocycles. The van der Waals surface area contributed by atoms with Gasteiger partial charge in [-0.3, -0.25) is 0 Å². The zero-order valence-electron chi connectivity index (χ0n) is 1.53. The molecule has 4 heteroatoms. The van der Waals surface area contributed by atoms with E-state index in [-0.39, 0.29) is 22.4 Å². The van der Waals surface area contributed by atoms with Gasteiger partial charge in [-0.15, -0.1) is 0 Å². The van der Waals surface area contributed by atoms with E-state index in [1.807, 2.05) is 0 Å². The third-order valence-electron chi connectivity index (χ3n) is 0. The van der Waals surface area contributed by atoms with Gasteiger partial charge in [-0.05, 0) is 0 Å². The molecule has 0 bridgehead atoms. The van der Waals surface area contributed by atoms with Crippen LogP contribution in [0.25, 0.3) is 0 Å². The molecule has 0 atom stereocenters. The molecule has 0 unspecified atom stereocenters. The summed E-state index contributed by atoms with van der Waals surface area (Å²) >= 11 is 7.38. The van der Waals surface area contributed by atoms with Crippen LogP contribution in [-0.2, 0) is 62.1 Å². The molecule has 0 rings (SSSR count). The molecule has 0 aromatic heterocycles. The standard InChI is InChI=1S/2Fe.Mn.Nb. The Hall–Kier alpha value is 2.30. The maximum absolute atomic E-state index is 3.41. The van der Waals surface area contributed by atoms with Crippen LogP contribution in [0.5, 0.6) is 0 Å². The van der Waals surface area contributed by atoms with Gasteiger partial charge in [-0.1, -0.05) is 0 Å². The van der Waals surface area contributed by atoms with Gasteiger partial charge in [0.05, 0.1) is 0 Å². The average Bonchev–Trinajstić information content (AvgIpc) is 0.918. The Kier molecular flexibility index (Phi) is 21.5. The topological polar surface area (TPSA) is 0 Å². The van der Waals surface area contributed by atoms with Gasteiger partial charge in [0, 0.05) is 22.4 Å². The maximum Gasteiger partial charge on any atom is 0 e. The normalized spacial score (nSPS) is 4.50. The number of hydrogen-bond acceptors (Lipinski definition) is 0. The van der Waals surface area contributed by atoms with Gasteiger partial charge in [0.25, 0.3) is 0 Å². The van der Waals surface area contributed by atoms with Gasteiger partial charge in [0.1, 0.15) is 0 Å². The summed E-state index contributed by atoms with van der Waals surface area (Å²) in [6.07, 6.45) is 0. The minimum Gasteiger partial charge on any atom is 0 e. The van der Waals surface area contributed by atoms with Crippen LogP contribution in [0.2, 0.25) is 0 Å². The summed E-state index contributed by atoms with van der Waals surface area (Å²) in [4.78, 5) is 0. The minimum atomic E-state index is 0. The van der Waals surface area contributed by atoms with Gasteiger partial charge in [-0.2, -0.15) is 0 Å². The molecule has 0 amide bonds. The van der Waals surface area contributed by atoms with Crippen LogP contribution in [0.4, 0.5) is 0 Å². The van der Waals surface area contributed by atoms with Crippen molar-refractivity contribution in [1.29, 1.82) is 0 Å². The molecule has 0 spiro atoms. The smallest absolute Gasteiger partial charge is 0 e. The third kappa shape index (κ3) is 8.85. The van der Waals surface area contributed by atoms with Gasteiger partial charge in [0.2, 0.25) is 0 Å². The summed E-state index contributed by atoms with van der Waals surface area (Å²) < 4.78 is 0. The van der Waals surface area contributed by atoms with E-state index < -0.39 is 0 Å². The van der Waals surface area contributed by atoms with Crippen LogP contribution in [0.3, 0.4) is 0 Å².